The SMILES string of the molecule is C=C(N=C(C(N)=NC)c1ccc(C(=O)N[C@H](CO)c2cccc(Cl)c2)c(F)c1)C1CCC(NC(=O)COC)CC1. The van der Waals surface area contributed by atoms with Gasteiger partial charge in [-0.05, 0) is 55.5 Å². The first kappa shape index (κ1) is 30.9. The van der Waals surface area contributed by atoms with Crippen LogP contribution >= 0.6 is 11.6 Å². The molecule has 11 heteroatoms. The lowest BCUT2D eigenvalue weighted by Gasteiger charge is -2.29. The van der Waals surface area contributed by atoms with E-state index in [2.05, 4.69) is 27.2 Å². The fourth-order valence-corrected chi connectivity index (χ4v) is 4.82. The number of nitrogens with two attached hydrogens (primary N) is 1. The molecule has 0 spiro atoms. The molecule has 1 aliphatic carbocycles. The van der Waals surface area contributed by atoms with E-state index in [0.29, 0.717) is 21.8 Å². The number of amides is 2. The smallest absolute Gasteiger partial charge is 0.254 e. The van der Waals surface area contributed by atoms with Crippen LogP contribution in [0.3, 0.4) is 0 Å². The minimum atomic E-state index is -0.785. The van der Waals surface area contributed by atoms with Crippen molar-refractivity contribution >= 4 is 35.0 Å². The zero-order valence-corrected chi connectivity index (χ0v) is 23.4. The summed E-state index contributed by atoms with van der Waals surface area (Å²) in [6.45, 7) is 3.76. The minimum Gasteiger partial charge on any atom is -0.394 e. The molecule has 0 radical (unpaired) electrons. The molecule has 0 bridgehead atoms. The Labute approximate surface area is 238 Å². The van der Waals surface area contributed by atoms with Crippen molar-refractivity contribution in [1.29, 1.82) is 0 Å². The zero-order chi connectivity index (χ0) is 29.2. The van der Waals surface area contributed by atoms with Crippen molar-refractivity contribution in [2.24, 2.45) is 21.6 Å². The molecule has 0 aromatic heterocycles. The third-order valence-electron chi connectivity index (χ3n) is 6.80. The summed E-state index contributed by atoms with van der Waals surface area (Å²) in [5, 5.41) is 15.8. The summed E-state index contributed by atoms with van der Waals surface area (Å²) in [5.74, 6) is -1.47. The van der Waals surface area contributed by atoms with Gasteiger partial charge in [-0.3, -0.25) is 14.6 Å². The van der Waals surface area contributed by atoms with E-state index in [1.54, 1.807) is 24.3 Å². The Bertz CT molecular complexity index is 1290. The number of nitrogens with one attached hydrogen (secondary N) is 2. The van der Waals surface area contributed by atoms with Gasteiger partial charge in [-0.2, -0.15) is 0 Å². The largest absolute Gasteiger partial charge is 0.394 e. The van der Waals surface area contributed by atoms with Gasteiger partial charge in [-0.1, -0.05) is 36.4 Å². The number of carbonyl (C=O) groups is 2. The number of allylic oxidation sites excluding steroid dienone is 1. The van der Waals surface area contributed by atoms with E-state index in [1.807, 2.05) is 0 Å². The molecule has 0 heterocycles. The summed E-state index contributed by atoms with van der Waals surface area (Å²) >= 11 is 6.02. The van der Waals surface area contributed by atoms with Crippen molar-refractivity contribution in [2.75, 3.05) is 27.4 Å². The average Bonchev–Trinajstić information content (AvgIpc) is 2.94. The third-order valence-corrected chi connectivity index (χ3v) is 7.04. The second kappa shape index (κ2) is 14.7. The van der Waals surface area contributed by atoms with E-state index >= 15 is 4.39 Å². The standard InChI is InChI=1S/C29H35ClFN5O4/c1-17(18-7-10-22(11-8-18)35-26(38)16-40-3)34-27(28(32)33-2)20-9-12-23(24(31)14-20)29(39)36-25(15-37)19-5-4-6-21(30)13-19/h4-6,9,12-14,18,22,25,37H,1,7-8,10-11,15-16H2,2-3H3,(H2,32,33)(H,35,38)(H,36,39)/t18?,22?,25-/m1/s1. The summed E-state index contributed by atoms with van der Waals surface area (Å²) in [5.41, 5.74) is 7.68. The van der Waals surface area contributed by atoms with Gasteiger partial charge in [0.25, 0.3) is 5.91 Å². The maximum absolute atomic E-state index is 15.2. The van der Waals surface area contributed by atoms with Crippen molar-refractivity contribution in [2.45, 2.75) is 37.8 Å². The van der Waals surface area contributed by atoms with Gasteiger partial charge in [-0.25, -0.2) is 9.38 Å². The Balaban J connectivity index is 1.74. The summed E-state index contributed by atoms with van der Waals surface area (Å²) in [7, 11) is 2.98. The summed E-state index contributed by atoms with van der Waals surface area (Å²) < 4.78 is 20.1. The molecule has 0 unspecified atom stereocenters. The van der Waals surface area contributed by atoms with Crippen molar-refractivity contribution < 1.29 is 23.8 Å². The average molecular weight is 572 g/mol. The molecule has 1 aliphatic rings. The quantitative estimate of drug-likeness (QED) is 0.241. The van der Waals surface area contributed by atoms with Crippen LogP contribution in [0.1, 0.15) is 53.2 Å². The van der Waals surface area contributed by atoms with Gasteiger partial charge < -0.3 is 26.2 Å². The van der Waals surface area contributed by atoms with E-state index in [9.17, 15) is 14.7 Å². The topological polar surface area (TPSA) is 138 Å². The number of aliphatic hydroxyl groups is 1. The van der Waals surface area contributed by atoms with Crippen molar-refractivity contribution in [3.8, 4) is 0 Å². The van der Waals surface area contributed by atoms with Crippen LogP contribution in [0.25, 0.3) is 0 Å². The number of rotatable bonds is 11. The first-order valence-corrected chi connectivity index (χ1v) is 13.3. The van der Waals surface area contributed by atoms with Gasteiger partial charge in [-0.15, -0.1) is 0 Å². The zero-order valence-electron chi connectivity index (χ0n) is 22.6. The number of hydrogen-bond acceptors (Lipinski definition) is 6. The van der Waals surface area contributed by atoms with E-state index < -0.39 is 24.4 Å². The highest BCUT2D eigenvalue weighted by molar-refractivity contribution is 6.47. The highest BCUT2D eigenvalue weighted by Crippen LogP contribution is 2.30. The van der Waals surface area contributed by atoms with Gasteiger partial charge in [0, 0.05) is 42.4 Å². The Hall–Kier alpha value is -3.60. The number of hydrogen-bond donors (Lipinski definition) is 4. The predicted molar refractivity (Wildman–Crippen MR) is 154 cm³/mol. The molecule has 2 aromatic carbocycles. The highest BCUT2D eigenvalue weighted by atomic mass is 35.5. The molecule has 9 nitrogen and oxygen atoms in total. The number of halogens is 2. The maximum atomic E-state index is 15.2. The first-order valence-electron chi connectivity index (χ1n) is 12.9. The molecule has 2 aromatic rings. The number of aliphatic imine (C=N–C) groups is 2. The van der Waals surface area contributed by atoms with Crippen LogP contribution in [0.5, 0.6) is 0 Å². The van der Waals surface area contributed by atoms with E-state index in [0.717, 1.165) is 25.7 Å². The molecular formula is C29H35ClFN5O4. The summed E-state index contributed by atoms with van der Waals surface area (Å²) in [6.07, 6.45) is 3.07. The molecule has 3 rings (SSSR count). The molecule has 1 atom stereocenters. The minimum absolute atomic E-state index is 0.0246. The van der Waals surface area contributed by atoms with Gasteiger partial charge in [0.15, 0.2) is 0 Å². The van der Waals surface area contributed by atoms with Gasteiger partial charge in [0.2, 0.25) is 5.91 Å². The Morgan fingerprint density at radius 3 is 2.55 bits per heavy atom. The van der Waals surface area contributed by atoms with Gasteiger partial charge in [0.05, 0.1) is 18.2 Å². The molecule has 1 saturated carbocycles. The normalized spacial score (nSPS) is 18.6. The highest BCUT2D eigenvalue weighted by Gasteiger charge is 2.25. The van der Waals surface area contributed by atoms with Crippen LogP contribution in [-0.2, 0) is 9.53 Å². The fourth-order valence-electron chi connectivity index (χ4n) is 4.62. The van der Waals surface area contributed by atoms with Crippen LogP contribution < -0.4 is 16.4 Å². The number of aliphatic hydroxyl groups excluding tert-OH is 1. The van der Waals surface area contributed by atoms with E-state index in [4.69, 9.17) is 22.1 Å². The Morgan fingerprint density at radius 1 is 1.23 bits per heavy atom. The van der Waals surface area contributed by atoms with Gasteiger partial charge in [0.1, 0.15) is 24.0 Å². The Morgan fingerprint density at radius 2 is 1.95 bits per heavy atom. The van der Waals surface area contributed by atoms with Crippen molar-refractivity contribution in [3.05, 3.63) is 82.3 Å². The number of carbonyl (C=O) groups excluding carboxylic acids is 2. The molecule has 1 fully saturated rings. The third kappa shape index (κ3) is 8.20. The Kier molecular flexibility index (Phi) is 11.4. The lowest BCUT2D eigenvalue weighted by molar-refractivity contribution is -0.125. The summed E-state index contributed by atoms with van der Waals surface area (Å²) in [6, 6.07) is 10.0. The molecule has 0 saturated heterocycles. The molecule has 40 heavy (non-hydrogen) atoms. The maximum Gasteiger partial charge on any atom is 0.254 e. The fraction of sp³-hybridized carbons (Fsp3) is 0.379. The molecule has 214 valence electrons. The number of nitrogens with zero attached hydrogens (tertiary/aromatic N) is 2. The van der Waals surface area contributed by atoms with Crippen LogP contribution in [-0.4, -0.2) is 61.9 Å². The lowest BCUT2D eigenvalue weighted by atomic mass is 9.84. The first-order chi connectivity index (χ1) is 19.2. The van der Waals surface area contributed by atoms with E-state index in [1.165, 1.54) is 32.4 Å². The van der Waals surface area contributed by atoms with Crippen LogP contribution in [0.15, 0.2) is 64.7 Å². The number of benzene rings is 2. The van der Waals surface area contributed by atoms with Crippen molar-refractivity contribution in [1.82, 2.24) is 10.6 Å². The monoisotopic (exact) mass is 571 g/mol. The predicted octanol–water partition coefficient (Wildman–Crippen LogP) is 3.55. The van der Waals surface area contributed by atoms with Crippen LogP contribution in [0, 0.1) is 11.7 Å². The lowest BCUT2D eigenvalue weighted by Crippen LogP contribution is -2.39. The number of methoxy groups -OCH3 is 1. The van der Waals surface area contributed by atoms with Gasteiger partial charge >= 0.3 is 0 Å². The molecule has 0 aliphatic heterocycles. The summed E-state index contributed by atoms with van der Waals surface area (Å²) in [4.78, 5) is 33.3. The van der Waals surface area contributed by atoms with Crippen LogP contribution in [0.2, 0.25) is 5.02 Å². The van der Waals surface area contributed by atoms with E-state index in [-0.39, 0.29) is 41.6 Å². The second-order valence-electron chi connectivity index (χ2n) is 9.57. The van der Waals surface area contributed by atoms with Crippen LogP contribution in [0.4, 0.5) is 4.39 Å². The number of amidine groups is 1. The number of ether oxygens (including phenoxy) is 1. The van der Waals surface area contributed by atoms with Crippen molar-refractivity contribution in [3.63, 3.8) is 0 Å². The molecule has 2 amide bonds. The second-order valence-corrected chi connectivity index (χ2v) is 10.0. The molecular weight excluding hydrogens is 537 g/mol. The molecule has 5 N–H and O–H groups in total.